The molecule has 1 fully saturated rings. The first kappa shape index (κ1) is 19.1. The van der Waals surface area contributed by atoms with Gasteiger partial charge in [-0.1, -0.05) is 23.7 Å². The molecule has 1 aliphatic heterocycles. The van der Waals surface area contributed by atoms with Crippen LogP contribution in [-0.4, -0.2) is 39.0 Å². The Morgan fingerprint density at radius 1 is 1.00 bits per heavy atom. The SMILES string of the molecule is O=C(c1ccccc1Cl)N1CCc2nc(C3CC3)nc(-c3ccc(O)cc3)c2CC1. The number of phenolic OH excluding ortho intramolecular Hbond substituents is 1. The average Bonchev–Trinajstić information content (AvgIpc) is 3.60. The molecule has 2 aliphatic rings. The molecule has 5 nitrogen and oxygen atoms in total. The molecule has 1 aliphatic carbocycles. The third kappa shape index (κ3) is 3.65. The zero-order chi connectivity index (χ0) is 20.7. The molecule has 30 heavy (non-hydrogen) atoms. The van der Waals surface area contributed by atoms with Crippen molar-refractivity contribution in [3.63, 3.8) is 0 Å². The largest absolute Gasteiger partial charge is 0.508 e. The van der Waals surface area contributed by atoms with Crippen molar-refractivity contribution in [3.05, 3.63) is 76.2 Å². The highest BCUT2D eigenvalue weighted by Gasteiger charge is 2.30. The summed E-state index contributed by atoms with van der Waals surface area (Å²) >= 11 is 6.26. The Morgan fingerprint density at radius 2 is 1.73 bits per heavy atom. The van der Waals surface area contributed by atoms with Gasteiger partial charge >= 0.3 is 0 Å². The minimum atomic E-state index is -0.0463. The number of halogens is 1. The highest BCUT2D eigenvalue weighted by molar-refractivity contribution is 6.33. The van der Waals surface area contributed by atoms with Gasteiger partial charge < -0.3 is 10.0 Å². The predicted molar refractivity (Wildman–Crippen MR) is 116 cm³/mol. The zero-order valence-corrected chi connectivity index (χ0v) is 17.3. The molecule has 1 aromatic heterocycles. The summed E-state index contributed by atoms with van der Waals surface area (Å²) in [5.74, 6) is 1.53. The van der Waals surface area contributed by atoms with Gasteiger partial charge in [-0.25, -0.2) is 9.97 Å². The summed E-state index contributed by atoms with van der Waals surface area (Å²) in [4.78, 5) is 24.8. The summed E-state index contributed by atoms with van der Waals surface area (Å²) in [6.45, 7) is 1.20. The topological polar surface area (TPSA) is 66.3 Å². The number of nitrogens with zero attached hydrogens (tertiary/aromatic N) is 3. The van der Waals surface area contributed by atoms with Gasteiger partial charge in [-0.05, 0) is 55.7 Å². The Bertz CT molecular complexity index is 1110. The van der Waals surface area contributed by atoms with Crippen molar-refractivity contribution in [2.75, 3.05) is 13.1 Å². The molecule has 0 bridgehead atoms. The monoisotopic (exact) mass is 419 g/mol. The number of fused-ring (bicyclic) bond motifs is 1. The maximum absolute atomic E-state index is 13.1. The minimum Gasteiger partial charge on any atom is -0.508 e. The standard InChI is InChI=1S/C24H22ClN3O2/c25-20-4-2-1-3-18(20)24(30)28-13-11-19-21(12-14-28)26-23(16-5-6-16)27-22(19)15-7-9-17(29)10-8-15/h1-4,7-10,16,29H,5-6,11-14H2. The summed E-state index contributed by atoms with van der Waals surface area (Å²) in [6, 6.07) is 14.3. The molecule has 1 amide bonds. The van der Waals surface area contributed by atoms with E-state index >= 15 is 0 Å². The van der Waals surface area contributed by atoms with Crippen molar-refractivity contribution in [3.8, 4) is 17.0 Å². The first-order valence-corrected chi connectivity index (χ1v) is 10.7. The van der Waals surface area contributed by atoms with Crippen LogP contribution in [0.15, 0.2) is 48.5 Å². The lowest BCUT2D eigenvalue weighted by atomic mass is 10.0. The fourth-order valence-electron chi connectivity index (χ4n) is 4.01. The van der Waals surface area contributed by atoms with Crippen LogP contribution in [0.5, 0.6) is 5.75 Å². The van der Waals surface area contributed by atoms with Gasteiger partial charge in [-0.15, -0.1) is 0 Å². The normalized spacial score (nSPS) is 16.1. The number of aromatic hydroxyl groups is 1. The molecule has 6 heteroatoms. The molecule has 0 unspecified atom stereocenters. The summed E-state index contributed by atoms with van der Waals surface area (Å²) in [5, 5.41) is 10.2. The first-order chi connectivity index (χ1) is 14.6. The third-order valence-corrected chi connectivity index (χ3v) is 6.16. The summed E-state index contributed by atoms with van der Waals surface area (Å²) in [5.41, 5.74) is 4.56. The molecule has 1 saturated carbocycles. The van der Waals surface area contributed by atoms with Crippen molar-refractivity contribution in [2.45, 2.75) is 31.6 Å². The van der Waals surface area contributed by atoms with Crippen molar-refractivity contribution < 1.29 is 9.90 Å². The fraction of sp³-hybridized carbons (Fsp3) is 0.292. The molecule has 2 aromatic carbocycles. The number of carbonyl (C=O) groups is 1. The number of carbonyl (C=O) groups excluding carboxylic acids is 1. The minimum absolute atomic E-state index is 0.0463. The highest BCUT2D eigenvalue weighted by atomic mass is 35.5. The number of hydrogen-bond acceptors (Lipinski definition) is 4. The third-order valence-electron chi connectivity index (χ3n) is 5.84. The molecule has 3 aromatic rings. The summed E-state index contributed by atoms with van der Waals surface area (Å²) in [7, 11) is 0. The van der Waals surface area contributed by atoms with Gasteiger partial charge in [0.1, 0.15) is 11.6 Å². The number of hydrogen-bond donors (Lipinski definition) is 1. The Kier molecular flexibility index (Phi) is 4.91. The van der Waals surface area contributed by atoms with Gasteiger partial charge in [0.05, 0.1) is 16.3 Å². The zero-order valence-electron chi connectivity index (χ0n) is 16.5. The fourth-order valence-corrected chi connectivity index (χ4v) is 4.23. The lowest BCUT2D eigenvalue weighted by Gasteiger charge is -2.20. The summed E-state index contributed by atoms with van der Waals surface area (Å²) < 4.78 is 0. The van der Waals surface area contributed by atoms with Crippen LogP contribution in [0.2, 0.25) is 5.02 Å². The molecular weight excluding hydrogens is 398 g/mol. The maximum atomic E-state index is 13.1. The van der Waals surface area contributed by atoms with Gasteiger partial charge in [0.25, 0.3) is 5.91 Å². The van der Waals surface area contributed by atoms with Crippen LogP contribution in [0.3, 0.4) is 0 Å². The second kappa shape index (κ2) is 7.73. The molecule has 0 atom stereocenters. The number of rotatable bonds is 3. The van der Waals surface area contributed by atoms with Gasteiger partial charge in [-0.2, -0.15) is 0 Å². The second-order valence-electron chi connectivity index (χ2n) is 7.95. The van der Waals surface area contributed by atoms with Crippen molar-refractivity contribution in [1.82, 2.24) is 14.9 Å². The van der Waals surface area contributed by atoms with Crippen LogP contribution in [0.4, 0.5) is 0 Å². The Morgan fingerprint density at radius 3 is 2.47 bits per heavy atom. The smallest absolute Gasteiger partial charge is 0.255 e. The molecule has 5 rings (SSSR count). The molecule has 0 radical (unpaired) electrons. The molecule has 152 valence electrons. The average molecular weight is 420 g/mol. The quantitative estimate of drug-likeness (QED) is 0.672. The lowest BCUT2D eigenvalue weighted by molar-refractivity contribution is 0.0763. The van der Waals surface area contributed by atoms with E-state index in [2.05, 4.69) is 0 Å². The highest BCUT2D eigenvalue weighted by Crippen LogP contribution is 2.40. The molecule has 0 saturated heterocycles. The van der Waals surface area contributed by atoms with Gasteiger partial charge in [0.15, 0.2) is 0 Å². The van der Waals surface area contributed by atoms with Crippen molar-refractivity contribution in [2.24, 2.45) is 0 Å². The van der Waals surface area contributed by atoms with Crippen LogP contribution in [0.1, 0.15) is 46.2 Å². The van der Waals surface area contributed by atoms with E-state index < -0.39 is 0 Å². The number of benzene rings is 2. The number of amides is 1. The molecule has 2 heterocycles. The number of phenols is 1. The van der Waals surface area contributed by atoms with Crippen LogP contribution in [0.25, 0.3) is 11.3 Å². The van der Waals surface area contributed by atoms with E-state index in [4.69, 9.17) is 21.6 Å². The van der Waals surface area contributed by atoms with E-state index in [1.54, 1.807) is 24.3 Å². The number of aromatic nitrogens is 2. The second-order valence-corrected chi connectivity index (χ2v) is 8.36. The Labute approximate surface area is 180 Å². The van der Waals surface area contributed by atoms with E-state index in [1.807, 2.05) is 29.2 Å². The van der Waals surface area contributed by atoms with E-state index in [0.29, 0.717) is 42.4 Å². The molecule has 0 spiro atoms. The van der Waals surface area contributed by atoms with Crippen LogP contribution in [0, 0.1) is 0 Å². The predicted octanol–water partition coefficient (Wildman–Crippen LogP) is 4.62. The molecular formula is C24H22ClN3O2. The van der Waals surface area contributed by atoms with E-state index in [0.717, 1.165) is 41.2 Å². The van der Waals surface area contributed by atoms with Crippen molar-refractivity contribution >= 4 is 17.5 Å². The van der Waals surface area contributed by atoms with Crippen LogP contribution < -0.4 is 0 Å². The van der Waals surface area contributed by atoms with E-state index in [-0.39, 0.29) is 11.7 Å². The van der Waals surface area contributed by atoms with Gasteiger partial charge in [0.2, 0.25) is 0 Å². The van der Waals surface area contributed by atoms with E-state index in [1.165, 1.54) is 0 Å². The first-order valence-electron chi connectivity index (χ1n) is 10.3. The van der Waals surface area contributed by atoms with Gasteiger partial charge in [-0.3, -0.25) is 4.79 Å². The van der Waals surface area contributed by atoms with Crippen LogP contribution in [-0.2, 0) is 12.8 Å². The Hall–Kier alpha value is -2.92. The molecule has 1 N–H and O–H groups in total. The summed E-state index contributed by atoms with van der Waals surface area (Å²) in [6.07, 6.45) is 3.64. The van der Waals surface area contributed by atoms with Crippen molar-refractivity contribution in [1.29, 1.82) is 0 Å². The van der Waals surface area contributed by atoms with Gasteiger partial charge in [0, 0.05) is 42.2 Å². The van der Waals surface area contributed by atoms with E-state index in [9.17, 15) is 9.90 Å². The lowest BCUT2D eigenvalue weighted by Crippen LogP contribution is -2.33. The Balaban J connectivity index is 1.49. The maximum Gasteiger partial charge on any atom is 0.255 e. The van der Waals surface area contributed by atoms with Crippen LogP contribution >= 0.6 is 11.6 Å².